The van der Waals surface area contributed by atoms with E-state index in [9.17, 15) is 4.79 Å². The van der Waals surface area contributed by atoms with Gasteiger partial charge in [-0.3, -0.25) is 10.1 Å². The highest BCUT2D eigenvalue weighted by Crippen LogP contribution is 2.25. The predicted molar refractivity (Wildman–Crippen MR) is 79.8 cm³/mol. The Balaban J connectivity index is 2.07. The molecule has 4 heteroatoms. The standard InChI is InChI=1S/C16H24N2O2/c1-3-20-15-10-5-4-8-13(15)12(2)18-14-9-6-7-11-17-16(14)19/h4-5,8,10,12,14,18H,3,6-7,9,11H2,1-2H3,(H,17,19). The van der Waals surface area contributed by atoms with Crippen molar-refractivity contribution in [2.24, 2.45) is 0 Å². The van der Waals surface area contributed by atoms with E-state index in [1.54, 1.807) is 0 Å². The van der Waals surface area contributed by atoms with E-state index in [2.05, 4.69) is 23.6 Å². The summed E-state index contributed by atoms with van der Waals surface area (Å²) in [6.45, 7) is 5.50. The van der Waals surface area contributed by atoms with Crippen molar-refractivity contribution in [2.75, 3.05) is 13.2 Å². The second-order valence-electron chi connectivity index (χ2n) is 5.20. The van der Waals surface area contributed by atoms with Gasteiger partial charge in [-0.25, -0.2) is 0 Å². The number of amides is 1. The number of rotatable bonds is 5. The van der Waals surface area contributed by atoms with Crippen molar-refractivity contribution in [3.05, 3.63) is 29.8 Å². The maximum Gasteiger partial charge on any atom is 0.237 e. The van der Waals surface area contributed by atoms with Crippen LogP contribution in [0.4, 0.5) is 0 Å². The molecule has 1 amide bonds. The lowest BCUT2D eigenvalue weighted by atomic mass is 10.0. The van der Waals surface area contributed by atoms with Gasteiger partial charge in [0.1, 0.15) is 5.75 Å². The molecule has 0 bridgehead atoms. The van der Waals surface area contributed by atoms with E-state index in [0.29, 0.717) is 6.61 Å². The van der Waals surface area contributed by atoms with E-state index in [-0.39, 0.29) is 18.0 Å². The number of carbonyl (C=O) groups excluding carboxylic acids is 1. The lowest BCUT2D eigenvalue weighted by Gasteiger charge is -2.23. The molecule has 1 aliphatic heterocycles. The van der Waals surface area contributed by atoms with Crippen molar-refractivity contribution < 1.29 is 9.53 Å². The molecule has 1 aromatic carbocycles. The first kappa shape index (κ1) is 14.9. The van der Waals surface area contributed by atoms with Crippen LogP contribution in [0.3, 0.4) is 0 Å². The van der Waals surface area contributed by atoms with E-state index in [4.69, 9.17) is 4.74 Å². The van der Waals surface area contributed by atoms with Crippen molar-refractivity contribution in [1.29, 1.82) is 0 Å². The van der Waals surface area contributed by atoms with E-state index in [1.807, 2.05) is 25.1 Å². The minimum atomic E-state index is -0.109. The molecule has 1 fully saturated rings. The number of hydrogen-bond donors (Lipinski definition) is 2. The Hall–Kier alpha value is -1.55. The van der Waals surface area contributed by atoms with Crippen LogP contribution in [0.25, 0.3) is 0 Å². The molecular weight excluding hydrogens is 252 g/mol. The lowest BCUT2D eigenvalue weighted by molar-refractivity contribution is -0.123. The minimum absolute atomic E-state index is 0.0894. The monoisotopic (exact) mass is 276 g/mol. The van der Waals surface area contributed by atoms with Crippen LogP contribution in [-0.2, 0) is 4.79 Å². The van der Waals surface area contributed by atoms with Crippen LogP contribution in [0, 0.1) is 0 Å². The fourth-order valence-electron chi connectivity index (χ4n) is 2.62. The molecule has 2 N–H and O–H groups in total. The Labute approximate surface area is 120 Å². The molecule has 1 heterocycles. The summed E-state index contributed by atoms with van der Waals surface area (Å²) < 4.78 is 5.66. The average Bonchev–Trinajstić information content (AvgIpc) is 2.65. The van der Waals surface area contributed by atoms with Crippen molar-refractivity contribution in [3.63, 3.8) is 0 Å². The summed E-state index contributed by atoms with van der Waals surface area (Å²) in [5, 5.41) is 6.39. The van der Waals surface area contributed by atoms with Gasteiger partial charge in [0.2, 0.25) is 5.91 Å². The number of para-hydroxylation sites is 1. The molecule has 2 unspecified atom stereocenters. The van der Waals surface area contributed by atoms with Crippen molar-refractivity contribution in [3.8, 4) is 5.75 Å². The van der Waals surface area contributed by atoms with Crippen LogP contribution in [-0.4, -0.2) is 25.1 Å². The molecule has 1 saturated heterocycles. The Bertz CT molecular complexity index is 448. The molecule has 2 rings (SSSR count). The van der Waals surface area contributed by atoms with Gasteiger partial charge in [-0.2, -0.15) is 0 Å². The van der Waals surface area contributed by atoms with E-state index in [0.717, 1.165) is 37.1 Å². The fourth-order valence-corrected chi connectivity index (χ4v) is 2.62. The van der Waals surface area contributed by atoms with Crippen LogP contribution in [0.5, 0.6) is 5.75 Å². The molecule has 2 atom stereocenters. The molecule has 1 aromatic rings. The average molecular weight is 276 g/mol. The van der Waals surface area contributed by atoms with Crippen molar-refractivity contribution in [2.45, 2.75) is 45.2 Å². The van der Waals surface area contributed by atoms with E-state index >= 15 is 0 Å². The van der Waals surface area contributed by atoms with Gasteiger partial charge in [0, 0.05) is 18.2 Å². The summed E-state index contributed by atoms with van der Waals surface area (Å²) in [7, 11) is 0. The first-order chi connectivity index (χ1) is 9.72. The summed E-state index contributed by atoms with van der Waals surface area (Å²) in [6.07, 6.45) is 3.04. The summed E-state index contributed by atoms with van der Waals surface area (Å²) in [6, 6.07) is 7.98. The Kier molecular flexibility index (Phi) is 5.41. The molecular formula is C16H24N2O2. The van der Waals surface area contributed by atoms with Gasteiger partial charge in [0.25, 0.3) is 0 Å². The number of hydrogen-bond acceptors (Lipinski definition) is 3. The molecule has 20 heavy (non-hydrogen) atoms. The first-order valence-electron chi connectivity index (χ1n) is 7.48. The van der Waals surface area contributed by atoms with Gasteiger partial charge in [-0.05, 0) is 39.2 Å². The molecule has 0 radical (unpaired) electrons. The normalized spacial score (nSPS) is 20.9. The second kappa shape index (κ2) is 7.29. The zero-order chi connectivity index (χ0) is 14.4. The van der Waals surface area contributed by atoms with Crippen molar-refractivity contribution >= 4 is 5.91 Å². The minimum Gasteiger partial charge on any atom is -0.494 e. The first-order valence-corrected chi connectivity index (χ1v) is 7.48. The number of benzene rings is 1. The summed E-state index contributed by atoms with van der Waals surface area (Å²) in [4.78, 5) is 12.0. The van der Waals surface area contributed by atoms with Gasteiger partial charge in [-0.1, -0.05) is 18.2 Å². The van der Waals surface area contributed by atoms with Crippen LogP contribution in [0.2, 0.25) is 0 Å². The largest absolute Gasteiger partial charge is 0.494 e. The Morgan fingerprint density at radius 2 is 2.20 bits per heavy atom. The van der Waals surface area contributed by atoms with Gasteiger partial charge >= 0.3 is 0 Å². The third-order valence-corrected chi connectivity index (χ3v) is 3.67. The highest BCUT2D eigenvalue weighted by atomic mass is 16.5. The number of nitrogens with one attached hydrogen (secondary N) is 2. The van der Waals surface area contributed by atoms with Gasteiger partial charge in [0.15, 0.2) is 0 Å². The third kappa shape index (κ3) is 3.73. The molecule has 4 nitrogen and oxygen atoms in total. The molecule has 1 aliphatic rings. The second-order valence-corrected chi connectivity index (χ2v) is 5.20. The molecule has 110 valence electrons. The fraction of sp³-hybridized carbons (Fsp3) is 0.562. The molecule has 0 saturated carbocycles. The summed E-state index contributed by atoms with van der Waals surface area (Å²) in [5.74, 6) is 1.01. The van der Waals surface area contributed by atoms with E-state index in [1.165, 1.54) is 0 Å². The zero-order valence-electron chi connectivity index (χ0n) is 12.3. The van der Waals surface area contributed by atoms with Crippen molar-refractivity contribution in [1.82, 2.24) is 10.6 Å². The highest BCUT2D eigenvalue weighted by molar-refractivity contribution is 5.82. The summed E-state index contributed by atoms with van der Waals surface area (Å²) >= 11 is 0. The topological polar surface area (TPSA) is 50.4 Å². The van der Waals surface area contributed by atoms with Crippen LogP contribution in [0.1, 0.15) is 44.7 Å². The van der Waals surface area contributed by atoms with E-state index < -0.39 is 0 Å². The van der Waals surface area contributed by atoms with Crippen LogP contribution >= 0.6 is 0 Å². The lowest BCUT2D eigenvalue weighted by Crippen LogP contribution is -2.43. The molecule has 0 aromatic heterocycles. The predicted octanol–water partition coefficient (Wildman–Crippen LogP) is 2.40. The maximum atomic E-state index is 12.0. The molecule has 0 spiro atoms. The van der Waals surface area contributed by atoms with Gasteiger partial charge in [0.05, 0.1) is 12.6 Å². The van der Waals surface area contributed by atoms with Gasteiger partial charge < -0.3 is 10.1 Å². The Morgan fingerprint density at radius 1 is 1.40 bits per heavy atom. The van der Waals surface area contributed by atoms with Gasteiger partial charge in [-0.15, -0.1) is 0 Å². The Morgan fingerprint density at radius 3 is 3.00 bits per heavy atom. The molecule has 0 aliphatic carbocycles. The quantitative estimate of drug-likeness (QED) is 0.868. The zero-order valence-corrected chi connectivity index (χ0v) is 12.3. The van der Waals surface area contributed by atoms with Crippen LogP contribution in [0.15, 0.2) is 24.3 Å². The highest BCUT2D eigenvalue weighted by Gasteiger charge is 2.23. The maximum absolute atomic E-state index is 12.0. The smallest absolute Gasteiger partial charge is 0.237 e. The number of carbonyl (C=O) groups is 1. The third-order valence-electron chi connectivity index (χ3n) is 3.67. The SMILES string of the molecule is CCOc1ccccc1C(C)NC1CCCCNC1=O. The number of ether oxygens (including phenoxy) is 1. The van der Waals surface area contributed by atoms with Crippen LogP contribution < -0.4 is 15.4 Å². The summed E-state index contributed by atoms with van der Waals surface area (Å²) in [5.41, 5.74) is 1.10.